The SMILES string of the molecule is CC(=O)c1ccc(Cl)cc1-c1cc2n(c(=O)c1)[C@H](C(=O)Nc1ccc3[nH]c(C(=O)O)cc3c1)CC2. The number of hydrogen-bond acceptors (Lipinski definition) is 4. The molecule has 0 bridgehead atoms. The minimum atomic E-state index is -1.07. The first-order valence-corrected chi connectivity index (χ1v) is 11.3. The van der Waals surface area contributed by atoms with E-state index in [-0.39, 0.29) is 22.9 Å². The molecular formula is C26H20ClN3O5. The number of aryl methyl sites for hydroxylation is 1. The fourth-order valence-corrected chi connectivity index (χ4v) is 4.78. The lowest BCUT2D eigenvalue weighted by atomic mass is 9.97. The average molecular weight is 490 g/mol. The number of nitrogens with one attached hydrogen (secondary N) is 2. The highest BCUT2D eigenvalue weighted by molar-refractivity contribution is 6.31. The molecule has 4 aromatic rings. The van der Waals surface area contributed by atoms with Gasteiger partial charge in [0.2, 0.25) is 5.91 Å². The van der Waals surface area contributed by atoms with Gasteiger partial charge in [-0.15, -0.1) is 0 Å². The Bertz CT molecular complexity index is 1600. The van der Waals surface area contributed by atoms with Gasteiger partial charge in [0.15, 0.2) is 5.78 Å². The lowest BCUT2D eigenvalue weighted by Crippen LogP contribution is -2.31. The number of carbonyl (C=O) groups excluding carboxylic acids is 2. The van der Waals surface area contributed by atoms with Gasteiger partial charge >= 0.3 is 5.97 Å². The number of carbonyl (C=O) groups is 3. The van der Waals surface area contributed by atoms with Gasteiger partial charge in [-0.3, -0.25) is 14.4 Å². The van der Waals surface area contributed by atoms with E-state index in [1.54, 1.807) is 36.4 Å². The molecule has 1 atom stereocenters. The molecule has 0 spiro atoms. The number of anilines is 1. The molecule has 1 aliphatic rings. The van der Waals surface area contributed by atoms with E-state index in [0.717, 1.165) is 0 Å². The summed E-state index contributed by atoms with van der Waals surface area (Å²) in [5.74, 6) is -1.54. The van der Waals surface area contributed by atoms with Crippen LogP contribution in [0.1, 0.15) is 45.9 Å². The van der Waals surface area contributed by atoms with Gasteiger partial charge in [0.1, 0.15) is 11.7 Å². The molecule has 1 aliphatic heterocycles. The summed E-state index contributed by atoms with van der Waals surface area (Å²) >= 11 is 6.14. The van der Waals surface area contributed by atoms with E-state index in [0.29, 0.717) is 56.8 Å². The Labute approximate surface area is 204 Å². The highest BCUT2D eigenvalue weighted by atomic mass is 35.5. The number of aromatic nitrogens is 2. The van der Waals surface area contributed by atoms with E-state index in [1.807, 2.05) is 6.07 Å². The van der Waals surface area contributed by atoms with Crippen molar-refractivity contribution in [3.8, 4) is 11.1 Å². The fraction of sp³-hybridized carbons (Fsp3) is 0.154. The number of nitrogens with zero attached hydrogens (tertiary/aromatic N) is 1. The number of aromatic amines is 1. The largest absolute Gasteiger partial charge is 0.477 e. The molecule has 8 nitrogen and oxygen atoms in total. The van der Waals surface area contributed by atoms with Crippen LogP contribution in [0.2, 0.25) is 5.02 Å². The van der Waals surface area contributed by atoms with Crippen molar-refractivity contribution in [2.45, 2.75) is 25.8 Å². The highest BCUT2D eigenvalue weighted by Gasteiger charge is 2.30. The molecular weight excluding hydrogens is 470 g/mol. The normalized spacial score (nSPS) is 14.6. The summed E-state index contributed by atoms with van der Waals surface area (Å²) in [4.78, 5) is 52.2. The van der Waals surface area contributed by atoms with Gasteiger partial charge in [-0.2, -0.15) is 0 Å². The Morgan fingerprint density at radius 2 is 1.89 bits per heavy atom. The van der Waals surface area contributed by atoms with Crippen molar-refractivity contribution in [3.05, 3.63) is 86.9 Å². The van der Waals surface area contributed by atoms with Gasteiger partial charge in [0.25, 0.3) is 5.56 Å². The lowest BCUT2D eigenvalue weighted by molar-refractivity contribution is -0.119. The third-order valence-corrected chi connectivity index (χ3v) is 6.46. The van der Waals surface area contributed by atoms with Gasteiger partial charge < -0.3 is 20.0 Å². The smallest absolute Gasteiger partial charge is 0.352 e. The van der Waals surface area contributed by atoms with Crippen molar-refractivity contribution < 1.29 is 19.5 Å². The minimum absolute atomic E-state index is 0.0585. The van der Waals surface area contributed by atoms with Crippen LogP contribution in [0, 0.1) is 0 Å². The topological polar surface area (TPSA) is 121 Å². The number of H-pyrrole nitrogens is 1. The Morgan fingerprint density at radius 1 is 1.09 bits per heavy atom. The molecule has 0 radical (unpaired) electrons. The summed E-state index contributed by atoms with van der Waals surface area (Å²) < 4.78 is 1.48. The summed E-state index contributed by atoms with van der Waals surface area (Å²) in [5, 5.41) is 13.1. The van der Waals surface area contributed by atoms with Gasteiger partial charge in [-0.1, -0.05) is 11.6 Å². The van der Waals surface area contributed by atoms with E-state index in [4.69, 9.17) is 16.7 Å². The van der Waals surface area contributed by atoms with Gasteiger partial charge in [0, 0.05) is 38.9 Å². The van der Waals surface area contributed by atoms with Crippen LogP contribution in [0.3, 0.4) is 0 Å². The number of aromatic carboxylic acids is 1. The Balaban J connectivity index is 1.44. The molecule has 3 heterocycles. The zero-order chi connectivity index (χ0) is 24.9. The van der Waals surface area contributed by atoms with Gasteiger partial charge in [0.05, 0.1) is 0 Å². The van der Waals surface area contributed by atoms with E-state index in [1.165, 1.54) is 23.6 Å². The standard InChI is InChI=1S/C26H20ClN3O5/c1-13(31)19-5-2-16(27)12-20(19)14-9-18-4-7-23(30(18)24(32)11-14)25(33)28-17-3-6-21-15(8-17)10-22(29-21)26(34)35/h2-3,5-6,8-12,23,29H,4,7H2,1H3,(H,28,33)(H,34,35)/t23-/m0/s1. The summed E-state index contributed by atoms with van der Waals surface area (Å²) in [5.41, 5.74) is 3.20. The maximum atomic E-state index is 13.1. The quantitative estimate of drug-likeness (QED) is 0.351. The number of amides is 1. The first-order chi connectivity index (χ1) is 16.7. The lowest BCUT2D eigenvalue weighted by Gasteiger charge is -2.16. The minimum Gasteiger partial charge on any atom is -0.477 e. The van der Waals surface area contributed by atoms with Crippen LogP contribution in [0.25, 0.3) is 22.0 Å². The number of ketones is 1. The van der Waals surface area contributed by atoms with Crippen LogP contribution in [0.4, 0.5) is 5.69 Å². The summed E-state index contributed by atoms with van der Waals surface area (Å²) in [6.45, 7) is 1.46. The maximum absolute atomic E-state index is 13.1. The van der Waals surface area contributed by atoms with Gasteiger partial charge in [-0.05, 0) is 79.4 Å². The molecule has 35 heavy (non-hydrogen) atoms. The van der Waals surface area contributed by atoms with E-state index in [9.17, 15) is 19.2 Å². The number of halogens is 1. The Kier molecular flexibility index (Phi) is 5.53. The average Bonchev–Trinajstić information content (AvgIpc) is 3.43. The molecule has 1 amide bonds. The fourth-order valence-electron chi connectivity index (χ4n) is 4.61. The Hall–Kier alpha value is -4.17. The Morgan fingerprint density at radius 3 is 2.63 bits per heavy atom. The predicted molar refractivity (Wildman–Crippen MR) is 132 cm³/mol. The van der Waals surface area contributed by atoms with Crippen LogP contribution in [0.15, 0.2) is 59.4 Å². The number of benzene rings is 2. The second-order valence-corrected chi connectivity index (χ2v) is 8.96. The summed E-state index contributed by atoms with van der Waals surface area (Å²) in [7, 11) is 0. The van der Waals surface area contributed by atoms with Crippen LogP contribution in [-0.2, 0) is 11.2 Å². The van der Waals surface area contributed by atoms with Crippen LogP contribution in [-0.4, -0.2) is 32.3 Å². The molecule has 0 aliphatic carbocycles. The molecule has 0 fully saturated rings. The second-order valence-electron chi connectivity index (χ2n) is 8.52. The van der Waals surface area contributed by atoms with Crippen molar-refractivity contribution in [3.63, 3.8) is 0 Å². The highest BCUT2D eigenvalue weighted by Crippen LogP contribution is 2.32. The number of fused-ring (bicyclic) bond motifs is 2. The van der Waals surface area contributed by atoms with Crippen molar-refractivity contribution in [1.82, 2.24) is 9.55 Å². The molecule has 3 N–H and O–H groups in total. The molecule has 0 unspecified atom stereocenters. The predicted octanol–water partition coefficient (Wildman–Crippen LogP) is 4.68. The zero-order valence-electron chi connectivity index (χ0n) is 18.6. The molecule has 176 valence electrons. The monoisotopic (exact) mass is 489 g/mol. The number of Topliss-reactive ketones (excluding diaryl/α,β-unsaturated/α-hetero) is 1. The number of carboxylic acid groups (broad SMARTS) is 1. The maximum Gasteiger partial charge on any atom is 0.352 e. The molecule has 5 rings (SSSR count). The number of hydrogen-bond donors (Lipinski definition) is 3. The first kappa shape index (κ1) is 22.6. The van der Waals surface area contributed by atoms with Crippen molar-refractivity contribution in [2.24, 2.45) is 0 Å². The number of pyridine rings is 1. The number of carboxylic acids is 1. The second kappa shape index (κ2) is 8.56. The van der Waals surface area contributed by atoms with Crippen LogP contribution >= 0.6 is 11.6 Å². The van der Waals surface area contributed by atoms with E-state index < -0.39 is 12.0 Å². The van der Waals surface area contributed by atoms with Crippen molar-refractivity contribution >= 4 is 45.9 Å². The zero-order valence-corrected chi connectivity index (χ0v) is 19.3. The van der Waals surface area contributed by atoms with Crippen molar-refractivity contribution in [2.75, 3.05) is 5.32 Å². The van der Waals surface area contributed by atoms with Gasteiger partial charge in [-0.25, -0.2) is 4.79 Å². The molecule has 0 saturated heterocycles. The molecule has 2 aromatic carbocycles. The molecule has 2 aromatic heterocycles. The van der Waals surface area contributed by atoms with E-state index in [2.05, 4.69) is 10.3 Å². The molecule has 0 saturated carbocycles. The third kappa shape index (κ3) is 4.13. The van der Waals surface area contributed by atoms with Crippen molar-refractivity contribution in [1.29, 1.82) is 0 Å². The number of rotatable bonds is 5. The summed E-state index contributed by atoms with van der Waals surface area (Å²) in [6.07, 6.45) is 0.977. The van der Waals surface area contributed by atoms with E-state index >= 15 is 0 Å². The first-order valence-electron chi connectivity index (χ1n) is 10.9. The summed E-state index contributed by atoms with van der Waals surface area (Å²) in [6, 6.07) is 14.0. The molecule has 9 heteroatoms. The third-order valence-electron chi connectivity index (χ3n) is 6.23. The van der Waals surface area contributed by atoms with Crippen LogP contribution < -0.4 is 10.9 Å². The van der Waals surface area contributed by atoms with Crippen LogP contribution in [0.5, 0.6) is 0 Å².